The number of rotatable bonds is 3. The second-order valence-corrected chi connectivity index (χ2v) is 5.04. The first kappa shape index (κ1) is 13.4. The van der Waals surface area contributed by atoms with Crippen molar-refractivity contribution in [1.82, 2.24) is 5.32 Å². The second kappa shape index (κ2) is 5.30. The SMILES string of the molecule is Cc1ccc(O)c(C(=O)N[C@H]2CC[C@@H](C(=O)O)C2)c1. The molecule has 2 rings (SSSR count). The maximum Gasteiger partial charge on any atom is 0.306 e. The molecule has 19 heavy (non-hydrogen) atoms. The van der Waals surface area contributed by atoms with E-state index in [2.05, 4.69) is 5.32 Å². The van der Waals surface area contributed by atoms with Crippen LogP contribution in [-0.4, -0.2) is 28.1 Å². The molecule has 0 aromatic heterocycles. The number of aryl methyl sites for hydroxylation is 1. The number of carboxylic acid groups (broad SMARTS) is 1. The zero-order valence-corrected chi connectivity index (χ0v) is 10.7. The number of benzene rings is 1. The van der Waals surface area contributed by atoms with E-state index in [1.165, 1.54) is 6.07 Å². The standard InChI is InChI=1S/C14H17NO4/c1-8-2-5-12(16)11(6-8)13(17)15-10-4-3-9(7-10)14(18)19/h2,5-6,9-10,16H,3-4,7H2,1H3,(H,15,17)(H,18,19)/t9-,10+/m1/s1. The molecule has 0 bridgehead atoms. The molecule has 1 amide bonds. The third kappa shape index (κ3) is 3.05. The van der Waals surface area contributed by atoms with Gasteiger partial charge in [0.25, 0.3) is 5.91 Å². The van der Waals surface area contributed by atoms with E-state index in [4.69, 9.17) is 5.11 Å². The normalized spacial score (nSPS) is 22.2. The number of amides is 1. The summed E-state index contributed by atoms with van der Waals surface area (Å²) in [7, 11) is 0. The number of carbonyl (C=O) groups excluding carboxylic acids is 1. The van der Waals surface area contributed by atoms with Crippen molar-refractivity contribution in [2.45, 2.75) is 32.2 Å². The predicted molar refractivity (Wildman–Crippen MR) is 69.1 cm³/mol. The third-order valence-corrected chi connectivity index (χ3v) is 3.51. The van der Waals surface area contributed by atoms with Crippen LogP contribution < -0.4 is 5.32 Å². The van der Waals surface area contributed by atoms with Crippen LogP contribution in [0.3, 0.4) is 0 Å². The molecule has 0 radical (unpaired) electrons. The maximum absolute atomic E-state index is 12.0. The van der Waals surface area contributed by atoms with Crippen LogP contribution in [0.1, 0.15) is 35.2 Å². The molecule has 0 heterocycles. The molecule has 1 aliphatic rings. The van der Waals surface area contributed by atoms with E-state index in [-0.39, 0.29) is 29.2 Å². The first-order valence-electron chi connectivity index (χ1n) is 6.30. The molecule has 0 aliphatic heterocycles. The van der Waals surface area contributed by atoms with Crippen LogP contribution in [0.4, 0.5) is 0 Å². The van der Waals surface area contributed by atoms with Gasteiger partial charge in [-0.05, 0) is 38.3 Å². The summed E-state index contributed by atoms with van der Waals surface area (Å²) in [6.45, 7) is 1.84. The van der Waals surface area contributed by atoms with Crippen LogP contribution in [0, 0.1) is 12.8 Å². The number of aliphatic carboxylic acids is 1. The molecule has 5 heteroatoms. The van der Waals surface area contributed by atoms with Crippen molar-refractivity contribution in [1.29, 1.82) is 0 Å². The average molecular weight is 263 g/mol. The number of phenols is 1. The Morgan fingerprint density at radius 2 is 2.05 bits per heavy atom. The van der Waals surface area contributed by atoms with Crippen LogP contribution in [0.15, 0.2) is 18.2 Å². The Morgan fingerprint density at radius 3 is 2.68 bits per heavy atom. The van der Waals surface area contributed by atoms with Crippen LogP contribution in [0.2, 0.25) is 0 Å². The summed E-state index contributed by atoms with van der Waals surface area (Å²) in [6, 6.07) is 4.70. The first-order chi connectivity index (χ1) is 8.97. The highest BCUT2D eigenvalue weighted by Crippen LogP contribution is 2.26. The Hall–Kier alpha value is -2.04. The van der Waals surface area contributed by atoms with E-state index < -0.39 is 5.97 Å². The lowest BCUT2D eigenvalue weighted by Crippen LogP contribution is -2.33. The fourth-order valence-electron chi connectivity index (χ4n) is 2.43. The number of aromatic hydroxyl groups is 1. The molecule has 5 nitrogen and oxygen atoms in total. The number of phenolic OH excluding ortho intramolecular Hbond substituents is 1. The third-order valence-electron chi connectivity index (χ3n) is 3.51. The van der Waals surface area contributed by atoms with Gasteiger partial charge in [0.1, 0.15) is 5.75 Å². The van der Waals surface area contributed by atoms with Crippen molar-refractivity contribution < 1.29 is 19.8 Å². The highest BCUT2D eigenvalue weighted by molar-refractivity contribution is 5.97. The van der Waals surface area contributed by atoms with Gasteiger partial charge in [0, 0.05) is 6.04 Å². The van der Waals surface area contributed by atoms with Gasteiger partial charge in [0.15, 0.2) is 0 Å². The number of carboxylic acids is 1. The van der Waals surface area contributed by atoms with E-state index in [9.17, 15) is 14.7 Å². The van der Waals surface area contributed by atoms with Gasteiger partial charge in [-0.3, -0.25) is 9.59 Å². The second-order valence-electron chi connectivity index (χ2n) is 5.04. The Labute approximate surface area is 111 Å². The van der Waals surface area contributed by atoms with Gasteiger partial charge in [-0.25, -0.2) is 0 Å². The van der Waals surface area contributed by atoms with Gasteiger partial charge in [-0.15, -0.1) is 0 Å². The quantitative estimate of drug-likeness (QED) is 0.774. The first-order valence-corrected chi connectivity index (χ1v) is 6.30. The van der Waals surface area contributed by atoms with Crippen LogP contribution in [-0.2, 0) is 4.79 Å². The molecular formula is C14H17NO4. The zero-order valence-electron chi connectivity index (χ0n) is 10.7. The molecular weight excluding hydrogens is 246 g/mol. The summed E-state index contributed by atoms with van der Waals surface area (Å²) < 4.78 is 0. The van der Waals surface area contributed by atoms with Crippen LogP contribution in [0.25, 0.3) is 0 Å². The van der Waals surface area contributed by atoms with Crippen molar-refractivity contribution in [3.8, 4) is 5.75 Å². The minimum atomic E-state index is -0.810. The lowest BCUT2D eigenvalue weighted by atomic mass is 10.1. The van der Waals surface area contributed by atoms with Crippen molar-refractivity contribution in [2.24, 2.45) is 5.92 Å². The highest BCUT2D eigenvalue weighted by Gasteiger charge is 2.30. The molecule has 1 aromatic carbocycles. The summed E-state index contributed by atoms with van der Waals surface area (Å²) in [5.74, 6) is -1.60. The van der Waals surface area contributed by atoms with Gasteiger partial charge in [0.2, 0.25) is 0 Å². The van der Waals surface area contributed by atoms with Gasteiger partial charge in [0.05, 0.1) is 11.5 Å². The Bertz CT molecular complexity index is 512. The summed E-state index contributed by atoms with van der Waals surface area (Å²) in [5.41, 5.74) is 1.12. The summed E-state index contributed by atoms with van der Waals surface area (Å²) in [6.07, 6.45) is 1.70. The Kier molecular flexibility index (Phi) is 3.74. The number of nitrogens with one attached hydrogen (secondary N) is 1. The van der Waals surface area contributed by atoms with E-state index in [1.54, 1.807) is 12.1 Å². The number of hydrogen-bond donors (Lipinski definition) is 3. The molecule has 3 N–H and O–H groups in total. The van der Waals surface area contributed by atoms with Gasteiger partial charge in [-0.1, -0.05) is 11.6 Å². The summed E-state index contributed by atoms with van der Waals surface area (Å²) >= 11 is 0. The summed E-state index contributed by atoms with van der Waals surface area (Å²) in [4.78, 5) is 22.9. The van der Waals surface area contributed by atoms with Gasteiger partial charge >= 0.3 is 5.97 Å². The van der Waals surface area contributed by atoms with E-state index in [1.807, 2.05) is 6.92 Å². The lowest BCUT2D eigenvalue weighted by molar-refractivity contribution is -0.141. The van der Waals surface area contributed by atoms with Crippen molar-refractivity contribution >= 4 is 11.9 Å². The molecule has 1 fully saturated rings. The van der Waals surface area contributed by atoms with Crippen molar-refractivity contribution in [3.63, 3.8) is 0 Å². The number of hydrogen-bond acceptors (Lipinski definition) is 3. The minimum absolute atomic E-state index is 0.0594. The molecule has 1 saturated carbocycles. The largest absolute Gasteiger partial charge is 0.507 e. The molecule has 1 aliphatic carbocycles. The molecule has 0 saturated heterocycles. The molecule has 102 valence electrons. The molecule has 0 unspecified atom stereocenters. The van der Waals surface area contributed by atoms with Gasteiger partial charge in [-0.2, -0.15) is 0 Å². The number of carbonyl (C=O) groups is 2. The summed E-state index contributed by atoms with van der Waals surface area (Å²) in [5, 5.41) is 21.4. The molecule has 2 atom stereocenters. The van der Waals surface area contributed by atoms with Crippen molar-refractivity contribution in [2.75, 3.05) is 0 Å². The predicted octanol–water partition coefficient (Wildman–Crippen LogP) is 1.68. The van der Waals surface area contributed by atoms with Crippen molar-refractivity contribution in [3.05, 3.63) is 29.3 Å². The van der Waals surface area contributed by atoms with E-state index >= 15 is 0 Å². The fraction of sp³-hybridized carbons (Fsp3) is 0.429. The van der Waals surface area contributed by atoms with Gasteiger partial charge < -0.3 is 15.5 Å². The maximum atomic E-state index is 12.0. The fourth-order valence-corrected chi connectivity index (χ4v) is 2.43. The topological polar surface area (TPSA) is 86.6 Å². The average Bonchev–Trinajstić information content (AvgIpc) is 2.80. The smallest absolute Gasteiger partial charge is 0.306 e. The molecule has 0 spiro atoms. The Morgan fingerprint density at radius 1 is 1.32 bits per heavy atom. The zero-order chi connectivity index (χ0) is 14.0. The van der Waals surface area contributed by atoms with E-state index in [0.29, 0.717) is 19.3 Å². The minimum Gasteiger partial charge on any atom is -0.507 e. The Balaban J connectivity index is 2.02. The van der Waals surface area contributed by atoms with E-state index in [0.717, 1.165) is 5.56 Å². The monoisotopic (exact) mass is 263 g/mol. The molecule has 1 aromatic rings. The van der Waals surface area contributed by atoms with Crippen LogP contribution >= 0.6 is 0 Å². The lowest BCUT2D eigenvalue weighted by Gasteiger charge is -2.13. The van der Waals surface area contributed by atoms with Crippen LogP contribution in [0.5, 0.6) is 5.75 Å². The highest BCUT2D eigenvalue weighted by atomic mass is 16.4.